The summed E-state index contributed by atoms with van der Waals surface area (Å²) in [7, 11) is 1.42. The molecule has 114 valence electrons. The first-order chi connectivity index (χ1) is 11.3. The number of H-pyrrole nitrogens is 2. The van der Waals surface area contributed by atoms with Crippen LogP contribution in [0.2, 0.25) is 0 Å². The smallest absolute Gasteiger partial charge is 0.310 e. The van der Waals surface area contributed by atoms with Gasteiger partial charge in [0, 0.05) is 21.8 Å². The van der Waals surface area contributed by atoms with Gasteiger partial charge in [0.05, 0.1) is 24.9 Å². The minimum absolute atomic E-state index is 0.241. The van der Waals surface area contributed by atoms with E-state index in [4.69, 9.17) is 4.74 Å². The number of hydrogen-bond acceptors (Lipinski definition) is 2. The molecule has 0 unspecified atom stereocenters. The van der Waals surface area contributed by atoms with E-state index >= 15 is 0 Å². The normalized spacial score (nSPS) is 11.2. The fourth-order valence-corrected chi connectivity index (χ4v) is 3.04. The van der Waals surface area contributed by atoms with Crippen LogP contribution >= 0.6 is 0 Å². The predicted molar refractivity (Wildman–Crippen MR) is 91.3 cm³/mol. The van der Waals surface area contributed by atoms with E-state index in [1.54, 1.807) is 0 Å². The number of para-hydroxylation sites is 2. The molecule has 0 bridgehead atoms. The molecule has 4 rings (SSSR count). The molecule has 0 fully saturated rings. The number of carbonyl (C=O) groups excluding carboxylic acids is 1. The molecule has 0 amide bonds. The van der Waals surface area contributed by atoms with Crippen molar-refractivity contribution in [3.8, 4) is 11.4 Å². The third-order valence-corrected chi connectivity index (χ3v) is 4.16. The summed E-state index contributed by atoms with van der Waals surface area (Å²) < 4.78 is 4.86. The Kier molecular flexibility index (Phi) is 3.15. The highest BCUT2D eigenvalue weighted by molar-refractivity contribution is 5.95. The maximum Gasteiger partial charge on any atom is 0.310 e. The van der Waals surface area contributed by atoms with Crippen molar-refractivity contribution in [1.29, 1.82) is 0 Å². The molecule has 23 heavy (non-hydrogen) atoms. The predicted octanol–water partition coefficient (Wildman–Crippen LogP) is 4.03. The Morgan fingerprint density at radius 3 is 2.52 bits per heavy atom. The summed E-state index contributed by atoms with van der Waals surface area (Å²) >= 11 is 0. The molecule has 4 nitrogen and oxygen atoms in total. The van der Waals surface area contributed by atoms with Gasteiger partial charge in [0.2, 0.25) is 0 Å². The van der Waals surface area contributed by atoms with Crippen molar-refractivity contribution in [1.82, 2.24) is 9.97 Å². The average Bonchev–Trinajstić information content (AvgIpc) is 3.16. The van der Waals surface area contributed by atoms with E-state index in [1.165, 1.54) is 7.11 Å². The zero-order valence-electron chi connectivity index (χ0n) is 12.7. The molecule has 4 heteroatoms. The van der Waals surface area contributed by atoms with Gasteiger partial charge in [-0.05, 0) is 23.8 Å². The third kappa shape index (κ3) is 2.28. The van der Waals surface area contributed by atoms with Gasteiger partial charge < -0.3 is 14.7 Å². The van der Waals surface area contributed by atoms with Crippen molar-refractivity contribution >= 4 is 27.8 Å². The lowest BCUT2D eigenvalue weighted by Crippen LogP contribution is -2.05. The number of nitrogens with one attached hydrogen (secondary N) is 2. The Bertz CT molecular complexity index is 977. The second kappa shape index (κ2) is 5.32. The van der Waals surface area contributed by atoms with Crippen molar-refractivity contribution in [2.75, 3.05) is 7.11 Å². The summed E-state index contributed by atoms with van der Waals surface area (Å²) in [5.74, 6) is -0.243. The quantitative estimate of drug-likeness (QED) is 0.561. The molecule has 0 aliphatic rings. The molecule has 0 saturated heterocycles. The van der Waals surface area contributed by atoms with Crippen LogP contribution < -0.4 is 0 Å². The molecule has 0 aliphatic heterocycles. The summed E-state index contributed by atoms with van der Waals surface area (Å²) in [5.41, 5.74) is 4.96. The highest BCUT2D eigenvalue weighted by Crippen LogP contribution is 2.32. The Hall–Kier alpha value is -3.01. The van der Waals surface area contributed by atoms with Crippen LogP contribution in [-0.2, 0) is 16.0 Å². The number of benzene rings is 2. The fraction of sp³-hybridized carbons (Fsp3) is 0.105. The number of methoxy groups -OCH3 is 1. The second-order valence-corrected chi connectivity index (χ2v) is 5.55. The van der Waals surface area contributed by atoms with Gasteiger partial charge in [-0.3, -0.25) is 4.79 Å². The molecule has 2 N–H and O–H groups in total. The van der Waals surface area contributed by atoms with E-state index in [0.717, 1.165) is 38.8 Å². The standard InChI is InChI=1S/C19H16N2O2/c1-23-18(22)11-14-13-7-3-5-9-16(13)21-19(14)17-10-12-6-2-4-8-15(12)20-17/h2-10,20-21H,11H2,1H3. The van der Waals surface area contributed by atoms with E-state index in [2.05, 4.69) is 22.1 Å². The van der Waals surface area contributed by atoms with Crippen LogP contribution in [-0.4, -0.2) is 23.0 Å². The van der Waals surface area contributed by atoms with Gasteiger partial charge in [-0.1, -0.05) is 36.4 Å². The van der Waals surface area contributed by atoms with Gasteiger partial charge >= 0.3 is 5.97 Å². The van der Waals surface area contributed by atoms with Crippen molar-refractivity contribution < 1.29 is 9.53 Å². The molecule has 2 aromatic carbocycles. The molecule has 2 heterocycles. The van der Waals surface area contributed by atoms with Crippen molar-refractivity contribution in [2.24, 2.45) is 0 Å². The van der Waals surface area contributed by atoms with E-state index in [1.807, 2.05) is 42.5 Å². The Morgan fingerprint density at radius 1 is 1.00 bits per heavy atom. The largest absolute Gasteiger partial charge is 0.469 e. The number of hydrogen-bond donors (Lipinski definition) is 2. The molecule has 2 aromatic heterocycles. The first kappa shape index (κ1) is 13.6. The van der Waals surface area contributed by atoms with Crippen LogP contribution in [0.15, 0.2) is 54.6 Å². The molecule has 0 aliphatic carbocycles. The third-order valence-electron chi connectivity index (χ3n) is 4.16. The number of esters is 1. The lowest BCUT2D eigenvalue weighted by molar-refractivity contribution is -0.139. The number of aromatic nitrogens is 2. The molecule has 0 atom stereocenters. The zero-order chi connectivity index (χ0) is 15.8. The number of rotatable bonds is 3. The molecular formula is C19H16N2O2. The summed E-state index contributed by atoms with van der Waals surface area (Å²) in [6, 6.07) is 18.2. The molecule has 0 saturated carbocycles. The van der Waals surface area contributed by atoms with E-state index in [9.17, 15) is 4.79 Å². The van der Waals surface area contributed by atoms with Gasteiger partial charge in [0.1, 0.15) is 0 Å². The zero-order valence-corrected chi connectivity index (χ0v) is 12.7. The Labute approximate surface area is 133 Å². The summed E-state index contributed by atoms with van der Waals surface area (Å²) in [5, 5.41) is 2.19. The maximum absolute atomic E-state index is 11.8. The number of fused-ring (bicyclic) bond motifs is 2. The minimum atomic E-state index is -0.243. The van der Waals surface area contributed by atoms with Gasteiger partial charge in [-0.15, -0.1) is 0 Å². The lowest BCUT2D eigenvalue weighted by Gasteiger charge is -2.02. The Morgan fingerprint density at radius 2 is 1.74 bits per heavy atom. The van der Waals surface area contributed by atoms with Gasteiger partial charge in [0.15, 0.2) is 0 Å². The minimum Gasteiger partial charge on any atom is -0.469 e. The van der Waals surface area contributed by atoms with Crippen LogP contribution in [0.25, 0.3) is 33.2 Å². The number of carbonyl (C=O) groups is 1. The first-order valence-corrected chi connectivity index (χ1v) is 7.51. The first-order valence-electron chi connectivity index (χ1n) is 7.51. The van der Waals surface area contributed by atoms with E-state index in [-0.39, 0.29) is 12.4 Å². The Balaban J connectivity index is 1.94. The average molecular weight is 304 g/mol. The molecule has 4 aromatic rings. The highest BCUT2D eigenvalue weighted by atomic mass is 16.5. The lowest BCUT2D eigenvalue weighted by atomic mass is 10.1. The van der Waals surface area contributed by atoms with Crippen LogP contribution in [0.1, 0.15) is 5.56 Å². The SMILES string of the molecule is COC(=O)Cc1c(-c2cc3ccccc3[nH]2)[nH]c2ccccc12. The topological polar surface area (TPSA) is 57.9 Å². The van der Waals surface area contributed by atoms with Gasteiger partial charge in [-0.2, -0.15) is 0 Å². The van der Waals surface area contributed by atoms with Crippen LogP contribution in [0, 0.1) is 0 Å². The number of aromatic amines is 2. The van der Waals surface area contributed by atoms with Gasteiger partial charge in [0.25, 0.3) is 0 Å². The van der Waals surface area contributed by atoms with E-state index < -0.39 is 0 Å². The summed E-state index contributed by atoms with van der Waals surface area (Å²) in [6.45, 7) is 0. The fourth-order valence-electron chi connectivity index (χ4n) is 3.04. The van der Waals surface area contributed by atoms with E-state index in [0.29, 0.717) is 0 Å². The van der Waals surface area contributed by atoms with Crippen molar-refractivity contribution in [3.63, 3.8) is 0 Å². The number of ether oxygens (including phenoxy) is 1. The maximum atomic E-state index is 11.8. The van der Waals surface area contributed by atoms with Crippen LogP contribution in [0.4, 0.5) is 0 Å². The second-order valence-electron chi connectivity index (χ2n) is 5.55. The van der Waals surface area contributed by atoms with Crippen LogP contribution in [0.3, 0.4) is 0 Å². The van der Waals surface area contributed by atoms with Crippen molar-refractivity contribution in [2.45, 2.75) is 6.42 Å². The van der Waals surface area contributed by atoms with Crippen molar-refractivity contribution in [3.05, 3.63) is 60.2 Å². The molecule has 0 radical (unpaired) electrons. The molecular weight excluding hydrogens is 288 g/mol. The summed E-state index contributed by atoms with van der Waals surface area (Å²) in [4.78, 5) is 18.7. The highest BCUT2D eigenvalue weighted by Gasteiger charge is 2.17. The molecule has 0 spiro atoms. The van der Waals surface area contributed by atoms with Crippen LogP contribution in [0.5, 0.6) is 0 Å². The van der Waals surface area contributed by atoms with Gasteiger partial charge in [-0.25, -0.2) is 0 Å². The summed E-state index contributed by atoms with van der Waals surface area (Å²) in [6.07, 6.45) is 0.241. The monoisotopic (exact) mass is 304 g/mol.